The van der Waals surface area contributed by atoms with E-state index in [0.29, 0.717) is 29.0 Å². The lowest BCUT2D eigenvalue weighted by molar-refractivity contribution is 0.0126. The van der Waals surface area contributed by atoms with E-state index in [1.54, 1.807) is 24.3 Å². The van der Waals surface area contributed by atoms with Crippen LogP contribution < -0.4 is 5.32 Å². The van der Waals surface area contributed by atoms with Gasteiger partial charge in [-0.05, 0) is 49.7 Å². The van der Waals surface area contributed by atoms with Crippen LogP contribution in [0.3, 0.4) is 0 Å². The van der Waals surface area contributed by atoms with Gasteiger partial charge in [-0.2, -0.15) is 0 Å². The first kappa shape index (κ1) is 17.5. The van der Waals surface area contributed by atoms with E-state index >= 15 is 0 Å². The molecule has 0 radical (unpaired) electrons. The number of rotatable bonds is 4. The Labute approximate surface area is 138 Å². The van der Waals surface area contributed by atoms with Crippen LogP contribution in [-0.2, 0) is 4.74 Å². The molecule has 1 amide bonds. The molecule has 0 aliphatic heterocycles. The number of anilines is 1. The summed E-state index contributed by atoms with van der Waals surface area (Å²) in [7, 11) is 0. The molecular weight excluding hydrogens is 290 g/mol. The summed E-state index contributed by atoms with van der Waals surface area (Å²) < 4.78 is 5.71. The molecule has 0 spiro atoms. The van der Waals surface area contributed by atoms with Crippen LogP contribution in [0.2, 0.25) is 0 Å². The SMILES string of the molecule is CC(=O)c1ccccc1NC(=O)OC1CC(C)CC[C@H]1C(C)C. The summed E-state index contributed by atoms with van der Waals surface area (Å²) in [5, 5.41) is 2.73. The molecule has 2 rings (SSSR count). The van der Waals surface area contributed by atoms with Crippen LogP contribution in [0.1, 0.15) is 57.3 Å². The van der Waals surface area contributed by atoms with Crippen molar-refractivity contribution in [3.63, 3.8) is 0 Å². The molecule has 1 aromatic carbocycles. The Morgan fingerprint density at radius 2 is 1.91 bits per heavy atom. The fourth-order valence-electron chi connectivity index (χ4n) is 3.43. The van der Waals surface area contributed by atoms with Crippen LogP contribution in [0.4, 0.5) is 10.5 Å². The Kier molecular flexibility index (Phi) is 5.80. The quantitative estimate of drug-likeness (QED) is 0.804. The highest BCUT2D eigenvalue weighted by molar-refractivity contribution is 6.02. The van der Waals surface area contributed by atoms with E-state index < -0.39 is 6.09 Å². The number of hydrogen-bond acceptors (Lipinski definition) is 3. The zero-order chi connectivity index (χ0) is 17.0. The lowest BCUT2D eigenvalue weighted by Crippen LogP contribution is -2.37. The smallest absolute Gasteiger partial charge is 0.411 e. The van der Waals surface area contributed by atoms with Crippen LogP contribution in [0, 0.1) is 17.8 Å². The molecule has 3 atom stereocenters. The third-order valence-corrected chi connectivity index (χ3v) is 4.76. The number of para-hydroxylation sites is 1. The van der Waals surface area contributed by atoms with E-state index in [-0.39, 0.29) is 11.9 Å². The Balaban J connectivity index is 2.05. The van der Waals surface area contributed by atoms with E-state index in [1.165, 1.54) is 13.3 Å². The molecule has 1 aliphatic carbocycles. The zero-order valence-corrected chi connectivity index (χ0v) is 14.5. The molecule has 0 bridgehead atoms. The van der Waals surface area contributed by atoms with Crippen molar-refractivity contribution in [1.82, 2.24) is 0 Å². The van der Waals surface area contributed by atoms with Crippen LogP contribution in [0.25, 0.3) is 0 Å². The molecule has 1 N–H and O–H groups in total. The fourth-order valence-corrected chi connectivity index (χ4v) is 3.43. The van der Waals surface area contributed by atoms with Gasteiger partial charge in [-0.3, -0.25) is 10.1 Å². The molecule has 2 unspecified atom stereocenters. The second-order valence-electron chi connectivity index (χ2n) is 7.00. The van der Waals surface area contributed by atoms with E-state index in [4.69, 9.17) is 4.74 Å². The summed E-state index contributed by atoms with van der Waals surface area (Å²) in [6.45, 7) is 8.05. The molecule has 0 heterocycles. The van der Waals surface area contributed by atoms with Crippen LogP contribution in [0.5, 0.6) is 0 Å². The van der Waals surface area contributed by atoms with Crippen molar-refractivity contribution in [3.05, 3.63) is 29.8 Å². The molecule has 1 aromatic rings. The Hall–Kier alpha value is -1.84. The lowest BCUT2D eigenvalue weighted by atomic mass is 9.75. The second kappa shape index (κ2) is 7.62. The predicted octanol–water partition coefficient (Wildman–Crippen LogP) is 4.90. The number of nitrogens with one attached hydrogen (secondary N) is 1. The van der Waals surface area contributed by atoms with Crippen LogP contribution >= 0.6 is 0 Å². The van der Waals surface area contributed by atoms with Crippen LogP contribution in [-0.4, -0.2) is 18.0 Å². The van der Waals surface area contributed by atoms with Gasteiger partial charge in [0.15, 0.2) is 5.78 Å². The third-order valence-electron chi connectivity index (χ3n) is 4.76. The Bertz CT molecular complexity index is 567. The first-order valence-electron chi connectivity index (χ1n) is 8.46. The van der Waals surface area contributed by atoms with E-state index in [1.807, 2.05) is 0 Å². The highest BCUT2D eigenvalue weighted by Gasteiger charge is 2.33. The Morgan fingerprint density at radius 1 is 1.22 bits per heavy atom. The molecule has 23 heavy (non-hydrogen) atoms. The maximum absolute atomic E-state index is 12.3. The van der Waals surface area contributed by atoms with Crippen molar-refractivity contribution in [2.75, 3.05) is 5.32 Å². The van der Waals surface area contributed by atoms with Crippen molar-refractivity contribution >= 4 is 17.6 Å². The molecule has 0 saturated heterocycles. The topological polar surface area (TPSA) is 55.4 Å². The monoisotopic (exact) mass is 317 g/mol. The molecule has 126 valence electrons. The summed E-state index contributed by atoms with van der Waals surface area (Å²) in [6, 6.07) is 7.01. The fraction of sp³-hybridized carbons (Fsp3) is 0.579. The van der Waals surface area contributed by atoms with Gasteiger partial charge in [-0.25, -0.2) is 4.79 Å². The predicted molar refractivity (Wildman–Crippen MR) is 91.7 cm³/mol. The van der Waals surface area contributed by atoms with Gasteiger partial charge >= 0.3 is 6.09 Å². The molecule has 1 aliphatic rings. The van der Waals surface area contributed by atoms with Crippen molar-refractivity contribution in [1.29, 1.82) is 0 Å². The third kappa shape index (κ3) is 4.57. The van der Waals surface area contributed by atoms with Crippen molar-refractivity contribution < 1.29 is 14.3 Å². The van der Waals surface area contributed by atoms with E-state index in [2.05, 4.69) is 26.1 Å². The van der Waals surface area contributed by atoms with E-state index in [9.17, 15) is 9.59 Å². The van der Waals surface area contributed by atoms with Gasteiger partial charge < -0.3 is 4.74 Å². The first-order chi connectivity index (χ1) is 10.9. The van der Waals surface area contributed by atoms with Gasteiger partial charge in [-0.15, -0.1) is 0 Å². The minimum atomic E-state index is -0.469. The largest absolute Gasteiger partial charge is 0.446 e. The molecule has 4 nitrogen and oxygen atoms in total. The highest BCUT2D eigenvalue weighted by Crippen LogP contribution is 2.35. The maximum atomic E-state index is 12.3. The molecule has 1 fully saturated rings. The summed E-state index contributed by atoms with van der Waals surface area (Å²) in [6.07, 6.45) is 2.68. The molecule has 4 heteroatoms. The number of ether oxygens (including phenoxy) is 1. The van der Waals surface area contributed by atoms with Crippen molar-refractivity contribution in [3.8, 4) is 0 Å². The minimum Gasteiger partial charge on any atom is -0.446 e. The number of hydrogen-bond donors (Lipinski definition) is 1. The Morgan fingerprint density at radius 3 is 2.57 bits per heavy atom. The molecule has 0 aromatic heterocycles. The van der Waals surface area contributed by atoms with Crippen molar-refractivity contribution in [2.24, 2.45) is 17.8 Å². The maximum Gasteiger partial charge on any atom is 0.411 e. The number of Topliss-reactive ketones (excluding diaryl/α,β-unsaturated/α-hetero) is 1. The first-order valence-corrected chi connectivity index (χ1v) is 8.46. The van der Waals surface area contributed by atoms with Gasteiger partial charge in [0.25, 0.3) is 0 Å². The summed E-state index contributed by atoms with van der Waals surface area (Å²) >= 11 is 0. The molecular formula is C19H27NO3. The lowest BCUT2D eigenvalue weighted by Gasteiger charge is -2.36. The number of carbonyl (C=O) groups is 2. The average Bonchev–Trinajstić information content (AvgIpc) is 2.47. The zero-order valence-electron chi connectivity index (χ0n) is 14.5. The normalized spacial score (nSPS) is 24.3. The van der Waals surface area contributed by atoms with Gasteiger partial charge in [0.2, 0.25) is 0 Å². The number of carbonyl (C=O) groups excluding carboxylic acids is 2. The summed E-state index contributed by atoms with van der Waals surface area (Å²) in [5.41, 5.74) is 1.01. The standard InChI is InChI=1S/C19H27NO3/c1-12(2)15-10-9-13(3)11-18(15)23-19(22)20-17-8-6-5-7-16(17)14(4)21/h5-8,12-13,15,18H,9-11H2,1-4H3,(H,20,22)/t13?,15-,18?/m0/s1. The molecule has 1 saturated carbocycles. The van der Waals surface area contributed by atoms with Crippen molar-refractivity contribution in [2.45, 2.75) is 53.1 Å². The van der Waals surface area contributed by atoms with E-state index in [0.717, 1.165) is 12.8 Å². The summed E-state index contributed by atoms with van der Waals surface area (Å²) in [5.74, 6) is 1.39. The van der Waals surface area contributed by atoms with Gasteiger partial charge in [0.1, 0.15) is 6.10 Å². The van der Waals surface area contributed by atoms with Crippen LogP contribution in [0.15, 0.2) is 24.3 Å². The second-order valence-corrected chi connectivity index (χ2v) is 7.00. The number of benzene rings is 1. The minimum absolute atomic E-state index is 0.0526. The van der Waals surface area contributed by atoms with Gasteiger partial charge in [0.05, 0.1) is 5.69 Å². The van der Waals surface area contributed by atoms with Gasteiger partial charge in [0, 0.05) is 5.56 Å². The highest BCUT2D eigenvalue weighted by atomic mass is 16.6. The summed E-state index contributed by atoms with van der Waals surface area (Å²) in [4.78, 5) is 23.9. The number of amides is 1. The van der Waals surface area contributed by atoms with Gasteiger partial charge in [-0.1, -0.05) is 39.3 Å². The average molecular weight is 317 g/mol. The number of ketones is 1.